The first-order chi connectivity index (χ1) is 8.60. The topological polar surface area (TPSA) is 59.0 Å². The molecule has 0 fully saturated rings. The predicted molar refractivity (Wildman–Crippen MR) is 69.7 cm³/mol. The molecule has 0 aliphatic heterocycles. The van der Waals surface area contributed by atoms with Gasteiger partial charge in [0.2, 0.25) is 0 Å². The maximum absolute atomic E-state index is 12.9. The molecule has 0 saturated heterocycles. The summed E-state index contributed by atoms with van der Waals surface area (Å²) in [6.45, 7) is 0. The van der Waals surface area contributed by atoms with E-state index in [0.29, 0.717) is 27.2 Å². The van der Waals surface area contributed by atoms with Crippen LogP contribution in [0, 0.1) is 17.1 Å². The number of anilines is 1. The first-order valence-corrected chi connectivity index (χ1v) is 5.82. The molecule has 5 heteroatoms. The van der Waals surface area contributed by atoms with E-state index in [2.05, 4.69) is 15.9 Å². The van der Waals surface area contributed by atoms with Crippen LogP contribution in [0.3, 0.4) is 0 Å². The van der Waals surface area contributed by atoms with Gasteiger partial charge in [-0.15, -0.1) is 0 Å². The van der Waals surface area contributed by atoms with Crippen LogP contribution in [0.1, 0.15) is 5.56 Å². The van der Waals surface area contributed by atoms with E-state index in [-0.39, 0.29) is 5.82 Å². The van der Waals surface area contributed by atoms with E-state index < -0.39 is 0 Å². The molecule has 0 bridgehead atoms. The van der Waals surface area contributed by atoms with Crippen LogP contribution >= 0.6 is 15.9 Å². The minimum atomic E-state index is -0.368. The summed E-state index contributed by atoms with van der Waals surface area (Å²) in [6, 6.07) is 10.8. The number of nitrogens with two attached hydrogens (primary N) is 1. The van der Waals surface area contributed by atoms with Gasteiger partial charge in [0.25, 0.3) is 0 Å². The normalized spacial score (nSPS) is 9.83. The number of hydrogen-bond acceptors (Lipinski definition) is 3. The van der Waals surface area contributed by atoms with Crippen LogP contribution in [0.4, 0.5) is 10.1 Å². The molecule has 0 unspecified atom stereocenters. The van der Waals surface area contributed by atoms with Gasteiger partial charge in [0.05, 0.1) is 10.0 Å². The van der Waals surface area contributed by atoms with Gasteiger partial charge in [0, 0.05) is 5.69 Å². The Labute approximate surface area is 112 Å². The zero-order valence-electron chi connectivity index (χ0n) is 9.15. The zero-order valence-corrected chi connectivity index (χ0v) is 10.7. The lowest BCUT2D eigenvalue weighted by molar-refractivity contribution is 0.476. The Kier molecular flexibility index (Phi) is 3.49. The van der Waals surface area contributed by atoms with Crippen molar-refractivity contribution in [2.24, 2.45) is 0 Å². The largest absolute Gasteiger partial charge is 0.455 e. The summed E-state index contributed by atoms with van der Waals surface area (Å²) in [7, 11) is 0. The molecule has 18 heavy (non-hydrogen) atoms. The van der Waals surface area contributed by atoms with Gasteiger partial charge in [0.1, 0.15) is 23.4 Å². The molecule has 0 radical (unpaired) electrons. The van der Waals surface area contributed by atoms with Crippen LogP contribution in [-0.2, 0) is 0 Å². The third-order valence-corrected chi connectivity index (χ3v) is 2.86. The third-order valence-electron chi connectivity index (χ3n) is 2.24. The SMILES string of the molecule is N#Cc1cc(N)ccc1Oc1ccc(F)cc1Br. The van der Waals surface area contributed by atoms with Crippen LogP contribution in [0.2, 0.25) is 0 Å². The summed E-state index contributed by atoms with van der Waals surface area (Å²) in [4.78, 5) is 0. The number of nitrogen functional groups attached to an aromatic ring is 1. The smallest absolute Gasteiger partial charge is 0.145 e. The van der Waals surface area contributed by atoms with Crippen molar-refractivity contribution in [3.63, 3.8) is 0 Å². The lowest BCUT2D eigenvalue weighted by atomic mass is 10.2. The number of halogens is 2. The molecule has 0 aliphatic carbocycles. The van der Waals surface area contributed by atoms with Crippen molar-refractivity contribution in [3.05, 3.63) is 52.3 Å². The van der Waals surface area contributed by atoms with Gasteiger partial charge in [-0.1, -0.05) is 0 Å². The van der Waals surface area contributed by atoms with Crippen molar-refractivity contribution < 1.29 is 9.13 Å². The Bertz CT molecular complexity index is 637. The molecule has 0 aliphatic rings. The highest BCUT2D eigenvalue weighted by Gasteiger charge is 2.08. The maximum atomic E-state index is 12.9. The number of hydrogen-bond donors (Lipinski definition) is 1. The van der Waals surface area contributed by atoms with Gasteiger partial charge in [-0.25, -0.2) is 4.39 Å². The standard InChI is InChI=1S/C13H8BrFN2O/c14-11-6-9(15)1-3-13(11)18-12-4-2-10(17)5-8(12)7-16/h1-6H,17H2. The van der Waals surface area contributed by atoms with Crippen LogP contribution < -0.4 is 10.5 Å². The molecule has 0 spiro atoms. The number of nitrogens with zero attached hydrogens (tertiary/aromatic N) is 1. The summed E-state index contributed by atoms with van der Waals surface area (Å²) < 4.78 is 19.0. The Morgan fingerprint density at radius 2 is 1.89 bits per heavy atom. The fourth-order valence-electron chi connectivity index (χ4n) is 1.40. The van der Waals surface area contributed by atoms with Crippen molar-refractivity contribution in [3.8, 4) is 17.6 Å². The van der Waals surface area contributed by atoms with E-state index >= 15 is 0 Å². The van der Waals surface area contributed by atoms with Crippen molar-refractivity contribution in [2.45, 2.75) is 0 Å². The fourth-order valence-corrected chi connectivity index (χ4v) is 1.83. The summed E-state index contributed by atoms with van der Waals surface area (Å²) in [6.07, 6.45) is 0. The molecular weight excluding hydrogens is 299 g/mol. The van der Waals surface area contributed by atoms with Gasteiger partial charge in [0.15, 0.2) is 0 Å². The Morgan fingerprint density at radius 3 is 2.56 bits per heavy atom. The first-order valence-electron chi connectivity index (χ1n) is 5.02. The lowest BCUT2D eigenvalue weighted by Gasteiger charge is -2.09. The van der Waals surface area contributed by atoms with Crippen molar-refractivity contribution >= 4 is 21.6 Å². The highest BCUT2D eigenvalue weighted by Crippen LogP contribution is 2.32. The Balaban J connectivity index is 2.37. The second kappa shape index (κ2) is 5.07. The molecule has 0 saturated carbocycles. The second-order valence-corrected chi connectivity index (χ2v) is 4.40. The van der Waals surface area contributed by atoms with Crippen molar-refractivity contribution in [2.75, 3.05) is 5.73 Å². The monoisotopic (exact) mass is 306 g/mol. The molecule has 90 valence electrons. The third kappa shape index (κ3) is 2.60. The van der Waals surface area contributed by atoms with Crippen LogP contribution in [0.25, 0.3) is 0 Å². The first kappa shape index (κ1) is 12.4. The average molecular weight is 307 g/mol. The molecule has 2 aromatic carbocycles. The van der Waals surface area contributed by atoms with E-state index in [1.165, 1.54) is 24.3 Å². The summed E-state index contributed by atoms with van der Waals surface area (Å²) in [5, 5.41) is 8.98. The highest BCUT2D eigenvalue weighted by molar-refractivity contribution is 9.10. The van der Waals surface area contributed by atoms with E-state index in [1.54, 1.807) is 12.1 Å². The summed E-state index contributed by atoms with van der Waals surface area (Å²) >= 11 is 3.19. The van der Waals surface area contributed by atoms with Gasteiger partial charge >= 0.3 is 0 Å². The van der Waals surface area contributed by atoms with Crippen LogP contribution in [-0.4, -0.2) is 0 Å². The molecule has 3 nitrogen and oxygen atoms in total. The molecule has 0 heterocycles. The Hall–Kier alpha value is -2.06. The molecule has 0 aromatic heterocycles. The van der Waals surface area contributed by atoms with E-state index in [0.717, 1.165) is 0 Å². The lowest BCUT2D eigenvalue weighted by Crippen LogP contribution is -1.92. The summed E-state index contributed by atoms with van der Waals surface area (Å²) in [5.41, 5.74) is 6.39. The number of benzene rings is 2. The molecule has 2 aromatic rings. The van der Waals surface area contributed by atoms with Crippen LogP contribution in [0.5, 0.6) is 11.5 Å². The quantitative estimate of drug-likeness (QED) is 0.858. The average Bonchev–Trinajstić information content (AvgIpc) is 2.34. The molecular formula is C13H8BrFN2O. The van der Waals surface area contributed by atoms with Crippen molar-refractivity contribution in [1.82, 2.24) is 0 Å². The van der Waals surface area contributed by atoms with Gasteiger partial charge in [-0.05, 0) is 52.3 Å². The van der Waals surface area contributed by atoms with Gasteiger partial charge in [-0.3, -0.25) is 0 Å². The fraction of sp³-hybridized carbons (Fsp3) is 0. The van der Waals surface area contributed by atoms with Gasteiger partial charge in [-0.2, -0.15) is 5.26 Å². The number of rotatable bonds is 2. The minimum Gasteiger partial charge on any atom is -0.455 e. The van der Waals surface area contributed by atoms with E-state index in [4.69, 9.17) is 15.7 Å². The molecule has 0 atom stereocenters. The highest BCUT2D eigenvalue weighted by atomic mass is 79.9. The molecule has 0 amide bonds. The van der Waals surface area contributed by atoms with Crippen molar-refractivity contribution in [1.29, 1.82) is 5.26 Å². The number of nitriles is 1. The summed E-state index contributed by atoms with van der Waals surface area (Å²) in [5.74, 6) is 0.434. The molecule has 2 rings (SSSR count). The second-order valence-electron chi connectivity index (χ2n) is 3.54. The van der Waals surface area contributed by atoms with Gasteiger partial charge < -0.3 is 10.5 Å². The zero-order chi connectivity index (χ0) is 13.1. The van der Waals surface area contributed by atoms with E-state index in [1.807, 2.05) is 6.07 Å². The minimum absolute atomic E-state index is 0.325. The van der Waals surface area contributed by atoms with Crippen LogP contribution in [0.15, 0.2) is 40.9 Å². The maximum Gasteiger partial charge on any atom is 0.145 e. The predicted octanol–water partition coefficient (Wildman–Crippen LogP) is 3.83. The number of ether oxygens (including phenoxy) is 1. The molecule has 2 N–H and O–H groups in total. The Morgan fingerprint density at radius 1 is 1.17 bits per heavy atom. The van der Waals surface area contributed by atoms with E-state index in [9.17, 15) is 4.39 Å².